The lowest BCUT2D eigenvalue weighted by atomic mass is 10.1. The minimum Gasteiger partial charge on any atom is -0.496 e. The minimum atomic E-state index is -0.126. The number of benzene rings is 2. The number of rotatable bonds is 4. The molecule has 0 saturated carbocycles. The van der Waals surface area contributed by atoms with Crippen molar-refractivity contribution >= 4 is 27.5 Å². The van der Waals surface area contributed by atoms with Crippen molar-refractivity contribution in [3.8, 4) is 5.75 Å². The van der Waals surface area contributed by atoms with E-state index in [2.05, 4.69) is 15.9 Å². The number of ether oxygens (including phenoxy) is 1. The van der Waals surface area contributed by atoms with Gasteiger partial charge in [-0.2, -0.15) is 0 Å². The van der Waals surface area contributed by atoms with Gasteiger partial charge in [0.1, 0.15) is 5.75 Å². The number of hydrogen-bond acceptors (Lipinski definition) is 3. The molecule has 0 spiro atoms. The van der Waals surface area contributed by atoms with Gasteiger partial charge in [0.15, 0.2) is 0 Å². The zero-order valence-corrected chi connectivity index (χ0v) is 13.6. The molecular weight excluding hydrogens is 332 g/mol. The van der Waals surface area contributed by atoms with Gasteiger partial charge >= 0.3 is 0 Å². The van der Waals surface area contributed by atoms with Crippen molar-refractivity contribution in [3.05, 3.63) is 58.1 Å². The third kappa shape index (κ3) is 3.76. The van der Waals surface area contributed by atoms with E-state index in [4.69, 9.17) is 10.5 Å². The molecule has 5 heteroatoms. The van der Waals surface area contributed by atoms with Crippen LogP contribution in [0.2, 0.25) is 0 Å². The van der Waals surface area contributed by atoms with Gasteiger partial charge in [-0.25, -0.2) is 0 Å². The molecule has 0 aliphatic rings. The molecule has 0 heterocycles. The highest BCUT2D eigenvalue weighted by Gasteiger charge is 2.17. The summed E-state index contributed by atoms with van der Waals surface area (Å²) in [6.07, 6.45) is 0. The highest BCUT2D eigenvalue weighted by Crippen LogP contribution is 2.23. The molecule has 2 aromatic rings. The highest BCUT2D eigenvalue weighted by atomic mass is 79.9. The normalized spacial score (nSPS) is 10.2. The molecule has 2 aromatic carbocycles. The Morgan fingerprint density at radius 1 is 1.29 bits per heavy atom. The third-order valence-electron chi connectivity index (χ3n) is 3.11. The Kier molecular flexibility index (Phi) is 4.85. The molecule has 0 aliphatic carbocycles. The maximum absolute atomic E-state index is 12.5. The molecule has 0 radical (unpaired) electrons. The zero-order chi connectivity index (χ0) is 15.4. The SMILES string of the molecule is COc1ccc(N)cc1C(=O)N(C)Cc1cccc(Br)c1. The predicted molar refractivity (Wildman–Crippen MR) is 87.3 cm³/mol. The molecule has 1 amide bonds. The van der Waals surface area contributed by atoms with Crippen molar-refractivity contribution in [3.63, 3.8) is 0 Å². The third-order valence-corrected chi connectivity index (χ3v) is 3.60. The summed E-state index contributed by atoms with van der Waals surface area (Å²) in [7, 11) is 3.29. The van der Waals surface area contributed by atoms with Crippen LogP contribution < -0.4 is 10.5 Å². The maximum atomic E-state index is 12.5. The zero-order valence-electron chi connectivity index (χ0n) is 12.0. The van der Waals surface area contributed by atoms with Gasteiger partial charge in [-0.3, -0.25) is 4.79 Å². The molecule has 0 unspecified atom stereocenters. The van der Waals surface area contributed by atoms with Crippen molar-refractivity contribution < 1.29 is 9.53 Å². The topological polar surface area (TPSA) is 55.6 Å². The summed E-state index contributed by atoms with van der Waals surface area (Å²) in [4.78, 5) is 14.2. The van der Waals surface area contributed by atoms with Gasteiger partial charge in [0, 0.05) is 23.8 Å². The molecule has 0 atom stereocenters. The van der Waals surface area contributed by atoms with Crippen molar-refractivity contribution in [2.75, 3.05) is 19.9 Å². The summed E-state index contributed by atoms with van der Waals surface area (Å²) in [6, 6.07) is 12.9. The summed E-state index contributed by atoms with van der Waals surface area (Å²) >= 11 is 3.43. The van der Waals surface area contributed by atoms with E-state index >= 15 is 0 Å². The summed E-state index contributed by atoms with van der Waals surface area (Å²) in [5.74, 6) is 0.398. The van der Waals surface area contributed by atoms with E-state index in [9.17, 15) is 4.79 Å². The smallest absolute Gasteiger partial charge is 0.257 e. The second-order valence-electron chi connectivity index (χ2n) is 4.75. The van der Waals surface area contributed by atoms with Gasteiger partial charge in [0.2, 0.25) is 0 Å². The van der Waals surface area contributed by atoms with E-state index in [0.29, 0.717) is 23.5 Å². The standard InChI is InChI=1S/C16H17BrN2O2/c1-19(10-11-4-3-5-12(17)8-11)16(20)14-9-13(18)6-7-15(14)21-2/h3-9H,10,18H2,1-2H3. The van der Waals surface area contributed by atoms with E-state index in [1.165, 1.54) is 7.11 Å². The summed E-state index contributed by atoms with van der Waals surface area (Å²) in [5.41, 5.74) is 7.81. The monoisotopic (exact) mass is 348 g/mol. The number of carbonyl (C=O) groups is 1. The van der Waals surface area contributed by atoms with Crippen molar-refractivity contribution in [2.24, 2.45) is 0 Å². The molecular formula is C16H17BrN2O2. The summed E-state index contributed by atoms with van der Waals surface area (Å²) < 4.78 is 6.22. The second-order valence-corrected chi connectivity index (χ2v) is 5.67. The van der Waals surface area contributed by atoms with E-state index in [-0.39, 0.29) is 5.91 Å². The van der Waals surface area contributed by atoms with Crippen molar-refractivity contribution in [1.82, 2.24) is 4.90 Å². The minimum absolute atomic E-state index is 0.126. The molecule has 0 aliphatic heterocycles. The van der Waals surface area contributed by atoms with Gasteiger partial charge in [-0.05, 0) is 35.9 Å². The molecule has 0 saturated heterocycles. The van der Waals surface area contributed by atoms with Crippen molar-refractivity contribution in [1.29, 1.82) is 0 Å². The van der Waals surface area contributed by atoms with Crippen LogP contribution >= 0.6 is 15.9 Å². The number of halogens is 1. The second kappa shape index (κ2) is 6.63. The van der Waals surface area contributed by atoms with Crippen LogP contribution in [0.4, 0.5) is 5.69 Å². The van der Waals surface area contributed by atoms with Crippen LogP contribution in [0.25, 0.3) is 0 Å². The molecule has 0 fully saturated rings. The lowest BCUT2D eigenvalue weighted by Crippen LogP contribution is -2.26. The molecule has 0 aromatic heterocycles. The Morgan fingerprint density at radius 3 is 2.71 bits per heavy atom. The van der Waals surface area contributed by atoms with E-state index in [1.54, 1.807) is 30.1 Å². The number of nitrogen functional groups attached to an aromatic ring is 1. The van der Waals surface area contributed by atoms with E-state index in [0.717, 1.165) is 10.0 Å². The Labute approximate surface area is 132 Å². The van der Waals surface area contributed by atoms with Crippen LogP contribution in [0.1, 0.15) is 15.9 Å². The molecule has 4 nitrogen and oxygen atoms in total. The number of anilines is 1. The molecule has 2 N–H and O–H groups in total. The van der Waals surface area contributed by atoms with Crippen LogP contribution in [0.3, 0.4) is 0 Å². The highest BCUT2D eigenvalue weighted by molar-refractivity contribution is 9.10. The first kappa shape index (κ1) is 15.4. The number of methoxy groups -OCH3 is 1. The van der Waals surface area contributed by atoms with Crippen LogP contribution in [-0.2, 0) is 6.54 Å². The molecule has 2 rings (SSSR count). The number of hydrogen-bond donors (Lipinski definition) is 1. The van der Waals surface area contributed by atoms with Gasteiger partial charge in [0.25, 0.3) is 5.91 Å². The van der Waals surface area contributed by atoms with Gasteiger partial charge in [-0.1, -0.05) is 28.1 Å². The predicted octanol–water partition coefficient (Wildman–Crippen LogP) is 3.31. The van der Waals surface area contributed by atoms with Crippen LogP contribution in [0.15, 0.2) is 46.9 Å². The van der Waals surface area contributed by atoms with E-state index in [1.807, 2.05) is 24.3 Å². The van der Waals surface area contributed by atoms with Gasteiger partial charge < -0.3 is 15.4 Å². The number of nitrogens with two attached hydrogens (primary N) is 1. The Morgan fingerprint density at radius 2 is 2.05 bits per heavy atom. The van der Waals surface area contributed by atoms with Crippen LogP contribution in [0, 0.1) is 0 Å². The fourth-order valence-electron chi connectivity index (χ4n) is 2.08. The van der Waals surface area contributed by atoms with Gasteiger partial charge in [-0.15, -0.1) is 0 Å². The fourth-order valence-corrected chi connectivity index (χ4v) is 2.53. The van der Waals surface area contributed by atoms with Crippen LogP contribution in [-0.4, -0.2) is 25.0 Å². The summed E-state index contributed by atoms with van der Waals surface area (Å²) in [6.45, 7) is 0.510. The molecule has 0 bridgehead atoms. The average Bonchev–Trinajstić information content (AvgIpc) is 2.46. The summed E-state index contributed by atoms with van der Waals surface area (Å²) in [5, 5.41) is 0. The average molecular weight is 349 g/mol. The number of amides is 1. The largest absolute Gasteiger partial charge is 0.496 e. The Bertz CT molecular complexity index is 658. The quantitative estimate of drug-likeness (QED) is 0.862. The fraction of sp³-hybridized carbons (Fsp3) is 0.188. The van der Waals surface area contributed by atoms with Crippen LogP contribution in [0.5, 0.6) is 5.75 Å². The number of carbonyl (C=O) groups excluding carboxylic acids is 1. The first-order chi connectivity index (χ1) is 10.0. The molecule has 21 heavy (non-hydrogen) atoms. The Balaban J connectivity index is 2.21. The number of nitrogens with zero attached hydrogens (tertiary/aromatic N) is 1. The Hall–Kier alpha value is -2.01. The molecule has 110 valence electrons. The maximum Gasteiger partial charge on any atom is 0.257 e. The lowest BCUT2D eigenvalue weighted by Gasteiger charge is -2.19. The van der Waals surface area contributed by atoms with E-state index < -0.39 is 0 Å². The van der Waals surface area contributed by atoms with Gasteiger partial charge in [0.05, 0.1) is 12.7 Å². The van der Waals surface area contributed by atoms with Crippen molar-refractivity contribution in [2.45, 2.75) is 6.54 Å². The first-order valence-corrected chi connectivity index (χ1v) is 7.24. The lowest BCUT2D eigenvalue weighted by molar-refractivity contribution is 0.0782. The first-order valence-electron chi connectivity index (χ1n) is 6.44.